The maximum Gasteiger partial charge on any atom is 0.171 e. The van der Waals surface area contributed by atoms with Gasteiger partial charge in [-0.05, 0) is 19.1 Å². The molecule has 0 saturated heterocycles. The van der Waals surface area contributed by atoms with E-state index in [1.807, 2.05) is 31.2 Å². The molecule has 0 aliphatic carbocycles. The molecular weight excluding hydrogens is 274 g/mol. The summed E-state index contributed by atoms with van der Waals surface area (Å²) in [5.74, 6) is 0.789. The third-order valence-corrected chi connectivity index (χ3v) is 3.95. The van der Waals surface area contributed by atoms with Gasteiger partial charge < -0.3 is 9.47 Å². The van der Waals surface area contributed by atoms with Crippen molar-refractivity contribution in [2.45, 2.75) is 20.5 Å². The third-order valence-electron chi connectivity index (χ3n) is 2.72. The number of benzene rings is 1. The number of aromatic nitrogens is 1. The van der Waals surface area contributed by atoms with E-state index in [1.54, 1.807) is 14.0 Å². The van der Waals surface area contributed by atoms with Crippen LogP contribution in [0, 0.1) is 0 Å². The molecule has 5 heteroatoms. The molecule has 0 radical (unpaired) electrons. The first-order chi connectivity index (χ1) is 9.67. The van der Waals surface area contributed by atoms with Crippen molar-refractivity contribution in [3.8, 4) is 16.3 Å². The SMILES string of the molecule is CCOc1ccccc1-c1nc(COC)c(C(C)=O)s1. The van der Waals surface area contributed by atoms with Crippen molar-refractivity contribution in [2.24, 2.45) is 0 Å². The molecule has 1 heterocycles. The number of carbonyl (C=O) groups excluding carboxylic acids is 1. The Balaban J connectivity index is 2.47. The van der Waals surface area contributed by atoms with Crippen LogP contribution in [-0.2, 0) is 11.3 Å². The van der Waals surface area contributed by atoms with Gasteiger partial charge in [0.05, 0.1) is 29.3 Å². The van der Waals surface area contributed by atoms with E-state index in [9.17, 15) is 4.79 Å². The van der Waals surface area contributed by atoms with Gasteiger partial charge in [-0.25, -0.2) is 4.98 Å². The standard InChI is InChI=1S/C15H17NO3S/c1-4-19-13-8-6-5-7-11(13)15-16-12(9-18-3)14(20-15)10(2)17/h5-8H,4,9H2,1-3H3. The largest absolute Gasteiger partial charge is 0.493 e. The summed E-state index contributed by atoms with van der Waals surface area (Å²) in [6.45, 7) is 4.41. The van der Waals surface area contributed by atoms with Gasteiger partial charge in [0, 0.05) is 14.0 Å². The second-order valence-corrected chi connectivity index (χ2v) is 5.21. The summed E-state index contributed by atoms with van der Waals surface area (Å²) in [6, 6.07) is 7.71. The van der Waals surface area contributed by atoms with E-state index < -0.39 is 0 Å². The highest BCUT2D eigenvalue weighted by Crippen LogP contribution is 2.34. The summed E-state index contributed by atoms with van der Waals surface area (Å²) >= 11 is 1.38. The average Bonchev–Trinajstić information content (AvgIpc) is 2.84. The molecule has 2 rings (SSSR count). The number of methoxy groups -OCH3 is 1. The number of nitrogens with zero attached hydrogens (tertiary/aromatic N) is 1. The number of rotatable bonds is 6. The quantitative estimate of drug-likeness (QED) is 0.764. The fraction of sp³-hybridized carbons (Fsp3) is 0.333. The molecule has 0 N–H and O–H groups in total. The number of thiazole rings is 1. The Morgan fingerprint density at radius 1 is 1.35 bits per heavy atom. The Hall–Kier alpha value is -1.72. The smallest absolute Gasteiger partial charge is 0.171 e. The Morgan fingerprint density at radius 3 is 2.75 bits per heavy atom. The highest BCUT2D eigenvalue weighted by atomic mass is 32.1. The predicted molar refractivity (Wildman–Crippen MR) is 79.4 cm³/mol. The summed E-state index contributed by atoms with van der Waals surface area (Å²) in [5, 5.41) is 0.784. The van der Waals surface area contributed by atoms with Gasteiger partial charge in [0.25, 0.3) is 0 Å². The Labute approximate surface area is 122 Å². The number of ketones is 1. The van der Waals surface area contributed by atoms with Gasteiger partial charge in [0.1, 0.15) is 10.8 Å². The monoisotopic (exact) mass is 291 g/mol. The van der Waals surface area contributed by atoms with E-state index in [1.165, 1.54) is 11.3 Å². The summed E-state index contributed by atoms with van der Waals surface area (Å²) in [4.78, 5) is 16.9. The lowest BCUT2D eigenvalue weighted by Gasteiger charge is -2.07. The van der Waals surface area contributed by atoms with E-state index in [4.69, 9.17) is 9.47 Å². The maximum absolute atomic E-state index is 11.7. The zero-order valence-electron chi connectivity index (χ0n) is 11.8. The molecule has 1 aromatic carbocycles. The third kappa shape index (κ3) is 3.05. The molecule has 0 amide bonds. The summed E-state index contributed by atoms with van der Waals surface area (Å²) in [7, 11) is 1.59. The molecule has 4 nitrogen and oxygen atoms in total. The van der Waals surface area contributed by atoms with Crippen molar-refractivity contribution in [1.29, 1.82) is 0 Å². The highest BCUT2D eigenvalue weighted by molar-refractivity contribution is 7.17. The number of hydrogen-bond donors (Lipinski definition) is 0. The molecule has 20 heavy (non-hydrogen) atoms. The van der Waals surface area contributed by atoms with E-state index in [-0.39, 0.29) is 5.78 Å². The minimum Gasteiger partial charge on any atom is -0.493 e. The first-order valence-electron chi connectivity index (χ1n) is 6.39. The molecule has 0 atom stereocenters. The van der Waals surface area contributed by atoms with Gasteiger partial charge in [-0.3, -0.25) is 4.79 Å². The molecule has 0 saturated carbocycles. The highest BCUT2D eigenvalue weighted by Gasteiger charge is 2.17. The number of carbonyl (C=O) groups is 1. The molecule has 0 aliphatic rings. The van der Waals surface area contributed by atoms with Gasteiger partial charge in [0.15, 0.2) is 5.78 Å². The van der Waals surface area contributed by atoms with E-state index in [2.05, 4.69) is 4.98 Å². The molecular formula is C15H17NO3S. The lowest BCUT2D eigenvalue weighted by Crippen LogP contribution is -1.97. The minimum absolute atomic E-state index is 0.00897. The second kappa shape index (κ2) is 6.63. The van der Waals surface area contributed by atoms with Gasteiger partial charge in [-0.15, -0.1) is 11.3 Å². The lowest BCUT2D eigenvalue weighted by atomic mass is 10.2. The van der Waals surface area contributed by atoms with Gasteiger partial charge in [-0.1, -0.05) is 12.1 Å². The number of ether oxygens (including phenoxy) is 2. The van der Waals surface area contributed by atoms with Crippen LogP contribution in [-0.4, -0.2) is 24.5 Å². The van der Waals surface area contributed by atoms with Crippen LogP contribution in [0.5, 0.6) is 5.75 Å². The van der Waals surface area contributed by atoms with Crippen molar-refractivity contribution in [1.82, 2.24) is 4.98 Å². The predicted octanol–water partition coefficient (Wildman–Crippen LogP) is 3.56. The van der Waals surface area contributed by atoms with Crippen molar-refractivity contribution < 1.29 is 14.3 Å². The van der Waals surface area contributed by atoms with Crippen LogP contribution in [0.4, 0.5) is 0 Å². The zero-order chi connectivity index (χ0) is 14.5. The number of Topliss-reactive ketones (excluding diaryl/α,β-unsaturated/α-hetero) is 1. The maximum atomic E-state index is 11.7. The van der Waals surface area contributed by atoms with Gasteiger partial charge in [-0.2, -0.15) is 0 Å². The van der Waals surface area contributed by atoms with Crippen molar-refractivity contribution in [3.63, 3.8) is 0 Å². The number of hydrogen-bond acceptors (Lipinski definition) is 5. The molecule has 0 aliphatic heterocycles. The van der Waals surface area contributed by atoms with Gasteiger partial charge in [0.2, 0.25) is 0 Å². The van der Waals surface area contributed by atoms with Crippen LogP contribution in [0.1, 0.15) is 29.2 Å². The Morgan fingerprint density at radius 2 is 2.10 bits per heavy atom. The average molecular weight is 291 g/mol. The van der Waals surface area contributed by atoms with Crippen molar-refractivity contribution >= 4 is 17.1 Å². The fourth-order valence-electron chi connectivity index (χ4n) is 1.90. The lowest BCUT2D eigenvalue weighted by molar-refractivity contribution is 0.101. The Kier molecular flexibility index (Phi) is 4.87. The van der Waals surface area contributed by atoms with Crippen LogP contribution >= 0.6 is 11.3 Å². The molecule has 0 unspecified atom stereocenters. The molecule has 0 spiro atoms. The van der Waals surface area contributed by atoms with Crippen LogP contribution in [0.3, 0.4) is 0 Å². The topological polar surface area (TPSA) is 48.4 Å². The normalized spacial score (nSPS) is 10.6. The molecule has 106 valence electrons. The second-order valence-electron chi connectivity index (χ2n) is 4.21. The molecule has 2 aromatic rings. The van der Waals surface area contributed by atoms with Crippen LogP contribution in [0.15, 0.2) is 24.3 Å². The molecule has 1 aromatic heterocycles. The number of para-hydroxylation sites is 1. The summed E-state index contributed by atoms with van der Waals surface area (Å²) in [5.41, 5.74) is 1.59. The van der Waals surface area contributed by atoms with Crippen LogP contribution in [0.25, 0.3) is 10.6 Å². The van der Waals surface area contributed by atoms with E-state index in [0.29, 0.717) is 23.8 Å². The van der Waals surface area contributed by atoms with Gasteiger partial charge >= 0.3 is 0 Å². The molecule has 0 bridgehead atoms. The summed E-state index contributed by atoms with van der Waals surface area (Å²) in [6.07, 6.45) is 0. The van der Waals surface area contributed by atoms with Crippen molar-refractivity contribution in [3.05, 3.63) is 34.8 Å². The molecule has 0 fully saturated rings. The van der Waals surface area contributed by atoms with Crippen LogP contribution < -0.4 is 4.74 Å². The van der Waals surface area contributed by atoms with E-state index in [0.717, 1.165) is 16.3 Å². The van der Waals surface area contributed by atoms with E-state index >= 15 is 0 Å². The zero-order valence-corrected chi connectivity index (χ0v) is 12.6. The van der Waals surface area contributed by atoms with Crippen molar-refractivity contribution in [2.75, 3.05) is 13.7 Å². The summed E-state index contributed by atoms with van der Waals surface area (Å²) < 4.78 is 10.7. The first kappa shape index (κ1) is 14.7. The fourth-order valence-corrected chi connectivity index (χ4v) is 2.90. The minimum atomic E-state index is 0.00897. The first-order valence-corrected chi connectivity index (χ1v) is 7.20. The Bertz CT molecular complexity index is 607. The van der Waals surface area contributed by atoms with Crippen LogP contribution in [0.2, 0.25) is 0 Å².